The van der Waals surface area contributed by atoms with Gasteiger partial charge in [-0.3, -0.25) is 4.79 Å². The number of benzene rings is 1. The van der Waals surface area contributed by atoms with E-state index >= 15 is 0 Å². The number of nitrogens with zero attached hydrogens (tertiary/aromatic N) is 1. The van der Waals surface area contributed by atoms with Gasteiger partial charge in [0.05, 0.1) is 18.7 Å². The molecule has 0 bridgehead atoms. The number of rotatable bonds is 5. The van der Waals surface area contributed by atoms with Gasteiger partial charge in [0, 0.05) is 18.0 Å². The Kier molecular flexibility index (Phi) is 4.29. The van der Waals surface area contributed by atoms with Gasteiger partial charge in [-0.15, -0.1) is 0 Å². The van der Waals surface area contributed by atoms with Crippen molar-refractivity contribution in [2.75, 3.05) is 13.7 Å². The number of carbonyl (C=O) groups is 1. The molecule has 1 atom stereocenters. The van der Waals surface area contributed by atoms with Crippen LogP contribution in [-0.2, 0) is 4.79 Å². The van der Waals surface area contributed by atoms with Crippen molar-refractivity contribution in [3.63, 3.8) is 0 Å². The van der Waals surface area contributed by atoms with E-state index in [4.69, 9.17) is 27.4 Å². The highest BCUT2D eigenvalue weighted by Crippen LogP contribution is 2.31. The molecular weight excluding hydrogens is 314 g/mol. The standard InChI is InChI=1S/C16H17N3O3S/c1-21-13-7-11-9(6-12(13)15(17)23)4-5-18-16(11)22-8-10-2-3-14(20)19-10/h4-7,10H,2-3,8H2,1H3,(H2,17,23)(H,19,20)/t10-/m0/s1. The van der Waals surface area contributed by atoms with Crippen molar-refractivity contribution in [1.29, 1.82) is 0 Å². The first-order chi connectivity index (χ1) is 11.1. The molecule has 6 nitrogen and oxygen atoms in total. The van der Waals surface area contributed by atoms with Crippen LogP contribution in [0.5, 0.6) is 11.6 Å². The average Bonchev–Trinajstić information content (AvgIpc) is 2.96. The highest BCUT2D eigenvalue weighted by Gasteiger charge is 2.21. The molecule has 1 aliphatic rings. The SMILES string of the molecule is COc1cc2c(OC[C@@H]3CCC(=O)N3)nccc2cc1C(N)=S. The van der Waals surface area contributed by atoms with Crippen LogP contribution in [-0.4, -0.2) is 35.6 Å². The Hall–Kier alpha value is -2.41. The molecule has 2 heterocycles. The van der Waals surface area contributed by atoms with E-state index in [-0.39, 0.29) is 16.9 Å². The second kappa shape index (κ2) is 6.37. The van der Waals surface area contributed by atoms with Crippen molar-refractivity contribution in [3.05, 3.63) is 30.0 Å². The number of hydrogen-bond donors (Lipinski definition) is 2. The number of thiocarbonyl (C=S) groups is 1. The van der Waals surface area contributed by atoms with Crippen LogP contribution in [0.3, 0.4) is 0 Å². The smallest absolute Gasteiger partial charge is 0.221 e. The van der Waals surface area contributed by atoms with Gasteiger partial charge < -0.3 is 20.5 Å². The van der Waals surface area contributed by atoms with Gasteiger partial charge in [-0.1, -0.05) is 12.2 Å². The van der Waals surface area contributed by atoms with E-state index in [0.717, 1.165) is 17.2 Å². The molecule has 23 heavy (non-hydrogen) atoms. The number of carbonyl (C=O) groups excluding carboxylic acids is 1. The summed E-state index contributed by atoms with van der Waals surface area (Å²) in [6, 6.07) is 5.57. The number of nitrogens with one attached hydrogen (secondary N) is 1. The Bertz CT molecular complexity index is 778. The number of hydrogen-bond acceptors (Lipinski definition) is 5. The van der Waals surface area contributed by atoms with Gasteiger partial charge in [-0.25, -0.2) is 4.98 Å². The summed E-state index contributed by atoms with van der Waals surface area (Å²) in [4.78, 5) is 15.8. The van der Waals surface area contributed by atoms with Crippen molar-refractivity contribution in [3.8, 4) is 11.6 Å². The van der Waals surface area contributed by atoms with E-state index in [1.54, 1.807) is 13.3 Å². The summed E-state index contributed by atoms with van der Waals surface area (Å²) >= 11 is 5.06. The highest BCUT2D eigenvalue weighted by molar-refractivity contribution is 7.80. The molecule has 0 unspecified atom stereocenters. The third-order valence-corrected chi connectivity index (χ3v) is 4.04. The minimum absolute atomic E-state index is 0.0253. The lowest BCUT2D eigenvalue weighted by molar-refractivity contribution is -0.119. The third kappa shape index (κ3) is 3.19. The molecule has 3 rings (SSSR count). The topological polar surface area (TPSA) is 86.5 Å². The molecule has 1 amide bonds. The maximum atomic E-state index is 11.2. The lowest BCUT2D eigenvalue weighted by Gasteiger charge is -2.14. The van der Waals surface area contributed by atoms with E-state index < -0.39 is 0 Å². The van der Waals surface area contributed by atoms with Gasteiger partial charge in [0.15, 0.2) is 0 Å². The third-order valence-electron chi connectivity index (χ3n) is 3.82. The highest BCUT2D eigenvalue weighted by atomic mass is 32.1. The zero-order valence-corrected chi connectivity index (χ0v) is 13.5. The molecule has 1 saturated heterocycles. The molecule has 0 aliphatic carbocycles. The lowest BCUT2D eigenvalue weighted by Crippen LogP contribution is -2.31. The molecule has 2 aromatic rings. The van der Waals surface area contributed by atoms with Gasteiger partial charge in [0.25, 0.3) is 0 Å². The van der Waals surface area contributed by atoms with E-state index in [1.165, 1.54) is 0 Å². The van der Waals surface area contributed by atoms with Crippen LogP contribution in [0, 0.1) is 0 Å². The van der Waals surface area contributed by atoms with E-state index in [9.17, 15) is 4.79 Å². The maximum absolute atomic E-state index is 11.2. The molecular formula is C16H17N3O3S. The summed E-state index contributed by atoms with van der Waals surface area (Å²) in [5, 5.41) is 4.59. The summed E-state index contributed by atoms with van der Waals surface area (Å²) in [5.41, 5.74) is 6.41. The fraction of sp³-hybridized carbons (Fsp3) is 0.312. The maximum Gasteiger partial charge on any atom is 0.221 e. The first kappa shape index (κ1) is 15.5. The molecule has 1 aromatic heterocycles. The van der Waals surface area contributed by atoms with Crippen molar-refractivity contribution < 1.29 is 14.3 Å². The van der Waals surface area contributed by atoms with Crippen LogP contribution in [0.4, 0.5) is 0 Å². The number of nitrogens with two attached hydrogens (primary N) is 1. The predicted molar refractivity (Wildman–Crippen MR) is 90.8 cm³/mol. The van der Waals surface area contributed by atoms with Crippen molar-refractivity contribution in [2.24, 2.45) is 5.73 Å². The van der Waals surface area contributed by atoms with Gasteiger partial charge in [0.2, 0.25) is 11.8 Å². The number of ether oxygens (including phenoxy) is 2. The monoisotopic (exact) mass is 331 g/mol. The Morgan fingerprint density at radius 3 is 3.00 bits per heavy atom. The van der Waals surface area contributed by atoms with Gasteiger partial charge in [-0.05, 0) is 30.0 Å². The Morgan fingerprint density at radius 1 is 1.52 bits per heavy atom. The number of amides is 1. The lowest BCUT2D eigenvalue weighted by atomic mass is 10.1. The van der Waals surface area contributed by atoms with Crippen LogP contribution in [0.1, 0.15) is 18.4 Å². The summed E-state index contributed by atoms with van der Waals surface area (Å²) in [7, 11) is 1.56. The summed E-state index contributed by atoms with van der Waals surface area (Å²) in [6.45, 7) is 0.386. The van der Waals surface area contributed by atoms with Crippen LogP contribution >= 0.6 is 12.2 Å². The second-order valence-electron chi connectivity index (χ2n) is 5.37. The quantitative estimate of drug-likeness (QED) is 0.808. The van der Waals surface area contributed by atoms with Crippen molar-refractivity contribution in [1.82, 2.24) is 10.3 Å². The van der Waals surface area contributed by atoms with Crippen molar-refractivity contribution in [2.45, 2.75) is 18.9 Å². The molecule has 1 aliphatic heterocycles. The first-order valence-electron chi connectivity index (χ1n) is 7.27. The van der Waals surface area contributed by atoms with Gasteiger partial charge >= 0.3 is 0 Å². The largest absolute Gasteiger partial charge is 0.496 e. The fourth-order valence-electron chi connectivity index (χ4n) is 2.63. The Morgan fingerprint density at radius 2 is 2.35 bits per heavy atom. The minimum atomic E-state index is 0.0253. The number of pyridine rings is 1. The van der Waals surface area contributed by atoms with Crippen molar-refractivity contribution >= 4 is 33.9 Å². The fourth-order valence-corrected chi connectivity index (χ4v) is 2.79. The predicted octanol–water partition coefficient (Wildman–Crippen LogP) is 1.54. The molecule has 0 radical (unpaired) electrons. The first-order valence-corrected chi connectivity index (χ1v) is 7.68. The second-order valence-corrected chi connectivity index (χ2v) is 5.81. The zero-order chi connectivity index (χ0) is 16.4. The van der Waals surface area contributed by atoms with Gasteiger partial charge in [0.1, 0.15) is 17.3 Å². The Balaban J connectivity index is 1.91. The van der Waals surface area contributed by atoms with E-state index in [0.29, 0.717) is 30.2 Å². The normalized spacial score (nSPS) is 17.1. The van der Waals surface area contributed by atoms with E-state index in [1.807, 2.05) is 18.2 Å². The Labute approximate surface area is 139 Å². The van der Waals surface area contributed by atoms with Crippen LogP contribution in [0.25, 0.3) is 10.8 Å². The van der Waals surface area contributed by atoms with Crippen LogP contribution in [0.2, 0.25) is 0 Å². The zero-order valence-electron chi connectivity index (χ0n) is 12.7. The molecule has 1 aromatic carbocycles. The van der Waals surface area contributed by atoms with Crippen LogP contribution < -0.4 is 20.5 Å². The van der Waals surface area contributed by atoms with E-state index in [2.05, 4.69) is 10.3 Å². The molecule has 1 fully saturated rings. The van der Waals surface area contributed by atoms with Crippen LogP contribution in [0.15, 0.2) is 24.4 Å². The number of fused-ring (bicyclic) bond motifs is 1. The van der Waals surface area contributed by atoms with Gasteiger partial charge in [-0.2, -0.15) is 0 Å². The average molecular weight is 331 g/mol. The molecule has 0 spiro atoms. The summed E-state index contributed by atoms with van der Waals surface area (Å²) in [5.74, 6) is 1.14. The minimum Gasteiger partial charge on any atom is -0.496 e. The summed E-state index contributed by atoms with van der Waals surface area (Å²) in [6.07, 6.45) is 2.99. The number of methoxy groups -OCH3 is 1. The molecule has 3 N–H and O–H groups in total. The molecule has 120 valence electrons. The summed E-state index contributed by atoms with van der Waals surface area (Å²) < 4.78 is 11.2. The molecule has 7 heteroatoms. The molecule has 0 saturated carbocycles. The number of aromatic nitrogens is 1.